The molecule has 0 N–H and O–H groups in total. The minimum Gasteiger partial charge on any atom is -0.486 e. The lowest BCUT2D eigenvalue weighted by molar-refractivity contribution is -0.117. The van der Waals surface area contributed by atoms with Crippen molar-refractivity contribution < 1.29 is 14.1 Å². The van der Waals surface area contributed by atoms with Gasteiger partial charge in [-0.2, -0.15) is 0 Å². The summed E-state index contributed by atoms with van der Waals surface area (Å²) in [6.07, 6.45) is 1.57. The molecule has 0 aliphatic carbocycles. The average molecular weight is 272 g/mol. The Hall–Kier alpha value is -2.30. The molecule has 0 saturated carbocycles. The molecule has 0 unspecified atom stereocenters. The van der Waals surface area contributed by atoms with Gasteiger partial charge in [-0.25, -0.2) is 0 Å². The van der Waals surface area contributed by atoms with Gasteiger partial charge < -0.3 is 14.2 Å². The van der Waals surface area contributed by atoms with Crippen molar-refractivity contribution in [1.29, 1.82) is 0 Å². The van der Waals surface area contributed by atoms with E-state index in [4.69, 9.17) is 9.26 Å². The van der Waals surface area contributed by atoms with Crippen LogP contribution in [0.25, 0.3) is 0 Å². The summed E-state index contributed by atoms with van der Waals surface area (Å²) in [5.74, 6) is 1.63. The number of rotatable bonds is 4. The van der Waals surface area contributed by atoms with E-state index < -0.39 is 0 Å². The summed E-state index contributed by atoms with van der Waals surface area (Å²) in [7, 11) is 0. The predicted molar refractivity (Wildman–Crippen MR) is 73.6 cm³/mol. The van der Waals surface area contributed by atoms with Gasteiger partial charge in [0.2, 0.25) is 5.91 Å². The molecule has 104 valence electrons. The number of hydrogen-bond acceptors (Lipinski definition) is 4. The van der Waals surface area contributed by atoms with E-state index in [0.29, 0.717) is 18.8 Å². The molecule has 1 aliphatic rings. The first-order valence-corrected chi connectivity index (χ1v) is 6.68. The Morgan fingerprint density at radius 3 is 2.75 bits per heavy atom. The van der Waals surface area contributed by atoms with E-state index in [1.54, 1.807) is 0 Å². The highest BCUT2D eigenvalue weighted by Crippen LogP contribution is 2.24. The molecule has 2 aromatic rings. The molecular weight excluding hydrogens is 256 g/mol. The van der Waals surface area contributed by atoms with Gasteiger partial charge in [-0.05, 0) is 37.6 Å². The molecule has 2 heterocycles. The maximum Gasteiger partial charge on any atom is 0.227 e. The number of benzene rings is 1. The number of aromatic nitrogens is 1. The van der Waals surface area contributed by atoms with Crippen LogP contribution in [0, 0.1) is 6.92 Å². The number of anilines is 1. The van der Waals surface area contributed by atoms with Crippen LogP contribution in [0.3, 0.4) is 0 Å². The molecule has 1 amide bonds. The van der Waals surface area contributed by atoms with Gasteiger partial charge in [0.15, 0.2) is 5.76 Å². The van der Waals surface area contributed by atoms with E-state index in [0.717, 1.165) is 30.1 Å². The van der Waals surface area contributed by atoms with Crippen molar-refractivity contribution in [2.45, 2.75) is 26.4 Å². The number of carbonyl (C=O) groups is 1. The highest BCUT2D eigenvalue weighted by molar-refractivity contribution is 5.95. The fourth-order valence-corrected chi connectivity index (χ4v) is 2.28. The maximum absolute atomic E-state index is 11.6. The third-order valence-electron chi connectivity index (χ3n) is 3.28. The molecule has 5 nitrogen and oxygen atoms in total. The molecule has 1 aromatic heterocycles. The van der Waals surface area contributed by atoms with Gasteiger partial charge >= 0.3 is 0 Å². The van der Waals surface area contributed by atoms with Crippen LogP contribution in [-0.2, 0) is 11.4 Å². The molecule has 0 spiro atoms. The van der Waals surface area contributed by atoms with Crippen molar-refractivity contribution in [3.8, 4) is 5.75 Å². The third kappa shape index (κ3) is 2.66. The Morgan fingerprint density at radius 2 is 2.15 bits per heavy atom. The number of amides is 1. The topological polar surface area (TPSA) is 55.6 Å². The van der Waals surface area contributed by atoms with E-state index in [-0.39, 0.29) is 5.91 Å². The van der Waals surface area contributed by atoms with Crippen molar-refractivity contribution in [1.82, 2.24) is 5.16 Å². The Bertz CT molecular complexity index is 604. The summed E-state index contributed by atoms with van der Waals surface area (Å²) in [6, 6.07) is 9.39. The van der Waals surface area contributed by atoms with Crippen molar-refractivity contribution >= 4 is 11.6 Å². The van der Waals surface area contributed by atoms with Crippen molar-refractivity contribution in [2.24, 2.45) is 0 Å². The van der Waals surface area contributed by atoms with Crippen LogP contribution in [0.4, 0.5) is 5.69 Å². The summed E-state index contributed by atoms with van der Waals surface area (Å²) in [4.78, 5) is 13.5. The minimum atomic E-state index is 0.191. The largest absolute Gasteiger partial charge is 0.486 e. The van der Waals surface area contributed by atoms with Gasteiger partial charge in [0.1, 0.15) is 12.4 Å². The lowest BCUT2D eigenvalue weighted by Gasteiger charge is -2.15. The molecule has 1 aromatic carbocycles. The molecule has 0 bridgehead atoms. The van der Waals surface area contributed by atoms with Crippen molar-refractivity contribution in [2.75, 3.05) is 11.4 Å². The summed E-state index contributed by atoms with van der Waals surface area (Å²) in [6.45, 7) is 3.02. The predicted octanol–water partition coefficient (Wildman–Crippen LogP) is 2.69. The van der Waals surface area contributed by atoms with Crippen LogP contribution in [0.5, 0.6) is 5.75 Å². The number of hydrogen-bond donors (Lipinski definition) is 0. The first-order chi connectivity index (χ1) is 9.72. The molecule has 5 heteroatoms. The zero-order chi connectivity index (χ0) is 13.9. The highest BCUT2D eigenvalue weighted by atomic mass is 16.5. The Kier molecular flexibility index (Phi) is 3.41. The van der Waals surface area contributed by atoms with Crippen LogP contribution in [0.15, 0.2) is 34.9 Å². The Labute approximate surface area is 117 Å². The van der Waals surface area contributed by atoms with Crippen molar-refractivity contribution in [3.63, 3.8) is 0 Å². The lowest BCUT2D eigenvalue weighted by atomic mass is 10.3. The average Bonchev–Trinajstić information content (AvgIpc) is 3.06. The summed E-state index contributed by atoms with van der Waals surface area (Å²) >= 11 is 0. The van der Waals surface area contributed by atoms with Gasteiger partial charge in [-0.1, -0.05) is 5.16 Å². The van der Waals surface area contributed by atoms with E-state index >= 15 is 0 Å². The van der Waals surface area contributed by atoms with E-state index in [1.807, 2.05) is 42.2 Å². The number of ether oxygens (including phenoxy) is 1. The van der Waals surface area contributed by atoms with E-state index in [2.05, 4.69) is 5.16 Å². The normalized spacial score (nSPS) is 14.8. The van der Waals surface area contributed by atoms with Crippen LogP contribution in [0.2, 0.25) is 0 Å². The first-order valence-electron chi connectivity index (χ1n) is 6.68. The van der Waals surface area contributed by atoms with Gasteiger partial charge in [0, 0.05) is 24.7 Å². The number of aryl methyl sites for hydroxylation is 1. The SMILES string of the molecule is Cc1cc(COc2ccc(N3CCCC3=O)cc2)on1. The second-order valence-corrected chi connectivity index (χ2v) is 4.87. The van der Waals surface area contributed by atoms with Crippen LogP contribution in [0.1, 0.15) is 24.3 Å². The second-order valence-electron chi connectivity index (χ2n) is 4.87. The zero-order valence-electron chi connectivity index (χ0n) is 11.3. The van der Waals surface area contributed by atoms with Crippen LogP contribution >= 0.6 is 0 Å². The summed E-state index contributed by atoms with van der Waals surface area (Å²) < 4.78 is 10.7. The van der Waals surface area contributed by atoms with Gasteiger partial charge in [-0.15, -0.1) is 0 Å². The number of nitrogens with zero attached hydrogens (tertiary/aromatic N) is 2. The maximum atomic E-state index is 11.6. The molecule has 1 saturated heterocycles. The molecule has 1 aliphatic heterocycles. The van der Waals surface area contributed by atoms with Gasteiger partial charge in [-0.3, -0.25) is 4.79 Å². The van der Waals surface area contributed by atoms with E-state index in [1.165, 1.54) is 0 Å². The van der Waals surface area contributed by atoms with Crippen molar-refractivity contribution in [3.05, 3.63) is 41.8 Å². The monoisotopic (exact) mass is 272 g/mol. The van der Waals surface area contributed by atoms with E-state index in [9.17, 15) is 4.79 Å². The highest BCUT2D eigenvalue weighted by Gasteiger charge is 2.21. The molecule has 20 heavy (non-hydrogen) atoms. The zero-order valence-corrected chi connectivity index (χ0v) is 11.3. The summed E-state index contributed by atoms with van der Waals surface area (Å²) in [5.41, 5.74) is 1.77. The quantitative estimate of drug-likeness (QED) is 0.858. The molecular formula is C15H16N2O3. The third-order valence-corrected chi connectivity index (χ3v) is 3.28. The standard InChI is InChI=1S/C15H16N2O3/c1-11-9-14(20-16-11)10-19-13-6-4-12(5-7-13)17-8-2-3-15(17)18/h4-7,9H,2-3,8,10H2,1H3. The molecule has 1 fully saturated rings. The second kappa shape index (κ2) is 5.36. The smallest absolute Gasteiger partial charge is 0.227 e. The van der Waals surface area contributed by atoms with Gasteiger partial charge in [0.25, 0.3) is 0 Å². The van der Waals surface area contributed by atoms with Gasteiger partial charge in [0.05, 0.1) is 5.69 Å². The summed E-state index contributed by atoms with van der Waals surface area (Å²) in [5, 5.41) is 3.80. The molecule has 0 atom stereocenters. The van der Waals surface area contributed by atoms with Crippen LogP contribution in [-0.4, -0.2) is 17.6 Å². The Balaban J connectivity index is 1.62. The Morgan fingerprint density at radius 1 is 1.35 bits per heavy atom. The lowest BCUT2D eigenvalue weighted by Crippen LogP contribution is -2.23. The fourth-order valence-electron chi connectivity index (χ4n) is 2.28. The first kappa shape index (κ1) is 12.7. The molecule has 3 rings (SSSR count). The minimum absolute atomic E-state index is 0.191. The number of carbonyl (C=O) groups excluding carboxylic acids is 1. The fraction of sp³-hybridized carbons (Fsp3) is 0.333. The molecule has 0 radical (unpaired) electrons. The van der Waals surface area contributed by atoms with Crippen LogP contribution < -0.4 is 9.64 Å².